The number of esters is 1. The number of nitrogens with zero attached hydrogens (tertiary/aromatic N) is 1. The number of fused-ring (bicyclic) bond motifs is 7. The number of hydrogen-bond acceptors (Lipinski definition) is 5. The third-order valence-electron chi connectivity index (χ3n) is 17.3. The SMILES string of the molecule is C=C(C)[C@@H]1CC[C@]2(C(=O)O)CC[C@]3(C)C(CCC4[C@@]5(C)CC[C@H](OC(=O)[C@@H]6C[C@H](C(=O)O)C6(C)C)C(C)(C)C5CC[C@]43C)C12.C[N+](C)(C)CCO. The third-order valence-corrected chi connectivity index (χ3v) is 17.3. The minimum Gasteiger partial charge on any atom is -0.481 e. The molecule has 0 spiro atoms. The van der Waals surface area contributed by atoms with Gasteiger partial charge >= 0.3 is 17.9 Å². The molecule has 290 valence electrons. The van der Waals surface area contributed by atoms with Crippen LogP contribution in [0.4, 0.5) is 0 Å². The molecule has 6 rings (SSSR count). The van der Waals surface area contributed by atoms with Gasteiger partial charge < -0.3 is 24.5 Å². The van der Waals surface area contributed by atoms with E-state index in [0.29, 0.717) is 30.1 Å². The van der Waals surface area contributed by atoms with Gasteiger partial charge in [-0.25, -0.2) is 0 Å². The Labute approximate surface area is 308 Å². The van der Waals surface area contributed by atoms with Crippen molar-refractivity contribution >= 4 is 17.9 Å². The molecule has 0 amide bonds. The molecule has 8 nitrogen and oxygen atoms in total. The minimum atomic E-state index is -0.823. The first-order chi connectivity index (χ1) is 23.3. The van der Waals surface area contributed by atoms with Crippen molar-refractivity contribution < 1.29 is 38.9 Å². The topological polar surface area (TPSA) is 121 Å². The molecule has 8 heteroatoms. The van der Waals surface area contributed by atoms with Gasteiger partial charge in [-0.2, -0.15) is 0 Å². The Hall–Kier alpha value is -1.93. The molecule has 6 aliphatic rings. The normalized spacial score (nSPS) is 44.9. The number of carbonyl (C=O) groups excluding carboxylic acids is 1. The van der Waals surface area contributed by atoms with Crippen molar-refractivity contribution in [2.45, 2.75) is 132 Å². The Morgan fingerprint density at radius 3 is 1.92 bits per heavy atom. The lowest BCUT2D eigenvalue weighted by atomic mass is 9.32. The molecule has 3 N–H and O–H groups in total. The van der Waals surface area contributed by atoms with Gasteiger partial charge in [-0.05, 0) is 129 Å². The molecular formula is C43H72NO7+. The highest BCUT2D eigenvalue weighted by Crippen LogP contribution is 2.77. The van der Waals surface area contributed by atoms with E-state index in [1.54, 1.807) is 0 Å². The van der Waals surface area contributed by atoms with Crippen molar-refractivity contribution in [2.75, 3.05) is 34.3 Å². The van der Waals surface area contributed by atoms with E-state index in [4.69, 9.17) is 9.84 Å². The maximum atomic E-state index is 13.5. The standard InChI is InChI=1S/C38H58O6.C5H14NO/c1-21(2)22-12-17-38(32(42)43)19-18-36(8)23(29(22)38)10-11-27-35(7)15-14-28(34(5,6)26(35)13-16-37(27,36)9)44-31(41)25-20-24(30(39)40)33(25,3)4;1-6(2,3)4-5-7/h22-29H,1,10-20H2,2-9H3,(H,39,40)(H,42,43);7H,4-5H2,1-3H3/q;+1/t22-,23?,24+,25-,26?,27?,28-,29?,35-,36+,37+,38-;/m0./s1. The second kappa shape index (κ2) is 13.1. The Kier molecular flexibility index (Phi) is 10.4. The molecule has 6 saturated carbocycles. The first-order valence-electron chi connectivity index (χ1n) is 20.1. The van der Waals surface area contributed by atoms with Crippen LogP contribution in [-0.2, 0) is 19.1 Å². The fraction of sp³-hybridized carbons (Fsp3) is 0.884. The third kappa shape index (κ3) is 6.12. The first-order valence-corrected chi connectivity index (χ1v) is 20.1. The van der Waals surface area contributed by atoms with Gasteiger partial charge in [-0.3, -0.25) is 14.4 Å². The second-order valence-electron chi connectivity index (χ2n) is 21.2. The van der Waals surface area contributed by atoms with Crippen LogP contribution >= 0.6 is 0 Å². The average Bonchev–Trinajstić information content (AvgIpc) is 3.40. The zero-order valence-corrected chi connectivity index (χ0v) is 33.9. The summed E-state index contributed by atoms with van der Waals surface area (Å²) in [5.74, 6) is -0.593. The number of quaternary nitrogens is 1. The molecule has 0 saturated heterocycles. The number of hydrogen-bond donors (Lipinski definition) is 3. The Bertz CT molecular complexity index is 1400. The summed E-state index contributed by atoms with van der Waals surface area (Å²) in [5.41, 5.74) is 0.166. The molecule has 0 heterocycles. The predicted octanol–water partition coefficient (Wildman–Crippen LogP) is 8.07. The van der Waals surface area contributed by atoms with E-state index in [9.17, 15) is 24.6 Å². The quantitative estimate of drug-likeness (QED) is 0.139. The van der Waals surface area contributed by atoms with E-state index in [1.165, 1.54) is 5.57 Å². The first kappa shape index (κ1) is 40.3. The number of allylic oxidation sites excluding steroid dienone is 1. The van der Waals surface area contributed by atoms with Crippen LogP contribution in [0.5, 0.6) is 0 Å². The number of aliphatic hydroxyl groups excluding tert-OH is 1. The number of carboxylic acids is 2. The number of rotatable bonds is 7. The predicted molar refractivity (Wildman–Crippen MR) is 199 cm³/mol. The zero-order valence-electron chi connectivity index (χ0n) is 33.9. The van der Waals surface area contributed by atoms with E-state index < -0.39 is 28.7 Å². The molecule has 6 aliphatic carbocycles. The van der Waals surface area contributed by atoms with E-state index in [2.05, 4.69) is 69.3 Å². The molecule has 0 aromatic rings. The van der Waals surface area contributed by atoms with Crippen molar-refractivity contribution in [3.05, 3.63) is 12.2 Å². The summed E-state index contributed by atoms with van der Waals surface area (Å²) in [7, 11) is 6.16. The van der Waals surface area contributed by atoms with Crippen LogP contribution in [-0.4, -0.2) is 78.1 Å². The molecule has 6 fully saturated rings. The van der Waals surface area contributed by atoms with E-state index >= 15 is 0 Å². The van der Waals surface area contributed by atoms with Gasteiger partial charge in [0.05, 0.1) is 45.0 Å². The molecule has 4 unspecified atom stereocenters. The highest BCUT2D eigenvalue weighted by Gasteiger charge is 2.72. The molecular weight excluding hydrogens is 642 g/mol. The van der Waals surface area contributed by atoms with E-state index in [1.807, 2.05) is 13.8 Å². The molecule has 0 aromatic carbocycles. The number of ether oxygens (including phenoxy) is 1. The molecule has 51 heavy (non-hydrogen) atoms. The lowest BCUT2D eigenvalue weighted by Crippen LogP contribution is -2.67. The zero-order chi connectivity index (χ0) is 38.3. The van der Waals surface area contributed by atoms with Gasteiger partial charge in [0.1, 0.15) is 12.6 Å². The largest absolute Gasteiger partial charge is 0.481 e. The van der Waals surface area contributed by atoms with Gasteiger partial charge in [0, 0.05) is 5.41 Å². The summed E-state index contributed by atoms with van der Waals surface area (Å²) >= 11 is 0. The van der Waals surface area contributed by atoms with E-state index in [-0.39, 0.29) is 52.2 Å². The Morgan fingerprint density at radius 1 is 0.765 bits per heavy atom. The molecule has 12 atom stereocenters. The van der Waals surface area contributed by atoms with Crippen molar-refractivity contribution in [2.24, 2.45) is 73.9 Å². The number of aliphatic hydroxyl groups is 1. The van der Waals surface area contributed by atoms with Crippen LogP contribution in [0.15, 0.2) is 12.2 Å². The number of aliphatic carboxylic acids is 2. The second-order valence-corrected chi connectivity index (χ2v) is 21.2. The fourth-order valence-electron chi connectivity index (χ4n) is 14.0. The van der Waals surface area contributed by atoms with Crippen molar-refractivity contribution in [1.29, 1.82) is 0 Å². The summed E-state index contributed by atoms with van der Waals surface area (Å²) in [4.78, 5) is 38.1. The summed E-state index contributed by atoms with van der Waals surface area (Å²) in [5, 5.41) is 28.6. The monoisotopic (exact) mass is 715 g/mol. The van der Waals surface area contributed by atoms with Crippen LogP contribution in [0.25, 0.3) is 0 Å². The van der Waals surface area contributed by atoms with Crippen molar-refractivity contribution in [3.63, 3.8) is 0 Å². The van der Waals surface area contributed by atoms with Gasteiger partial charge in [0.2, 0.25) is 0 Å². The maximum Gasteiger partial charge on any atom is 0.309 e. The Morgan fingerprint density at radius 2 is 1.41 bits per heavy atom. The Balaban J connectivity index is 0.000000654. The summed E-state index contributed by atoms with van der Waals surface area (Å²) in [6.07, 6.45) is 10.1. The highest BCUT2D eigenvalue weighted by molar-refractivity contribution is 5.81. The maximum absolute atomic E-state index is 13.5. The van der Waals surface area contributed by atoms with Crippen LogP contribution in [0.2, 0.25) is 0 Å². The lowest BCUT2D eigenvalue weighted by molar-refractivity contribution is -0.870. The lowest BCUT2D eigenvalue weighted by Gasteiger charge is -2.72. The summed E-state index contributed by atoms with van der Waals surface area (Å²) in [6, 6.07) is 0. The van der Waals surface area contributed by atoms with Crippen molar-refractivity contribution in [1.82, 2.24) is 0 Å². The molecule has 0 aliphatic heterocycles. The van der Waals surface area contributed by atoms with E-state index in [0.717, 1.165) is 75.2 Å². The molecule has 0 radical (unpaired) electrons. The van der Waals surface area contributed by atoms with Crippen LogP contribution < -0.4 is 0 Å². The van der Waals surface area contributed by atoms with Crippen LogP contribution in [0.1, 0.15) is 126 Å². The fourth-order valence-corrected chi connectivity index (χ4v) is 14.0. The number of carboxylic acid groups (broad SMARTS) is 2. The number of likely N-dealkylation sites (N-methyl/N-ethyl adjacent to an activating group) is 1. The smallest absolute Gasteiger partial charge is 0.309 e. The summed E-state index contributed by atoms with van der Waals surface area (Å²) < 4.78 is 7.20. The van der Waals surface area contributed by atoms with Crippen molar-refractivity contribution in [3.8, 4) is 0 Å². The molecule has 0 aromatic heterocycles. The highest BCUT2D eigenvalue weighted by atomic mass is 16.5. The number of carbonyl (C=O) groups is 3. The summed E-state index contributed by atoms with van der Waals surface area (Å²) in [6.45, 7) is 23.7. The molecule has 0 bridgehead atoms. The van der Waals surface area contributed by atoms with Gasteiger partial charge in [-0.15, -0.1) is 0 Å². The van der Waals surface area contributed by atoms with Crippen LogP contribution in [0, 0.1) is 73.9 Å². The minimum absolute atomic E-state index is 0.0928. The van der Waals surface area contributed by atoms with Gasteiger partial charge in [0.15, 0.2) is 0 Å². The van der Waals surface area contributed by atoms with Gasteiger partial charge in [0.25, 0.3) is 0 Å². The van der Waals surface area contributed by atoms with Gasteiger partial charge in [-0.1, -0.05) is 60.6 Å². The van der Waals surface area contributed by atoms with Crippen LogP contribution in [0.3, 0.4) is 0 Å². The average molecular weight is 715 g/mol.